The molecule has 0 atom stereocenters. The fourth-order valence-corrected chi connectivity index (χ4v) is 7.07. The third-order valence-electron chi connectivity index (χ3n) is 5.75. The van der Waals surface area contributed by atoms with Gasteiger partial charge >= 0.3 is 6.03 Å². The Bertz CT molecular complexity index is 2080. The Labute approximate surface area is 290 Å². The normalized spacial score (nSPS) is 12.1. The van der Waals surface area contributed by atoms with Crippen LogP contribution in [0.2, 0.25) is 0 Å². The highest BCUT2D eigenvalue weighted by Crippen LogP contribution is 2.38. The van der Waals surface area contributed by atoms with Crippen molar-refractivity contribution in [2.24, 2.45) is 27.4 Å². The van der Waals surface area contributed by atoms with Crippen LogP contribution in [0.25, 0.3) is 10.8 Å². The van der Waals surface area contributed by atoms with Crippen molar-refractivity contribution in [3.63, 3.8) is 0 Å². The van der Waals surface area contributed by atoms with Crippen molar-refractivity contribution in [1.82, 2.24) is 15.0 Å². The van der Waals surface area contributed by atoms with E-state index in [1.807, 2.05) is 0 Å². The molecule has 0 aliphatic rings. The lowest BCUT2D eigenvalue weighted by Gasteiger charge is -2.12. The molecule has 0 spiro atoms. The molecule has 20 nitrogen and oxygen atoms in total. The molecule has 4 aromatic rings. The molecule has 262 valence electrons. The first-order chi connectivity index (χ1) is 23.2. The van der Waals surface area contributed by atoms with E-state index in [1.54, 1.807) is 0 Å². The van der Waals surface area contributed by atoms with Crippen LogP contribution in [-0.4, -0.2) is 76.8 Å². The van der Waals surface area contributed by atoms with Crippen molar-refractivity contribution in [3.05, 3.63) is 42.5 Å². The number of nitrogens with one attached hydrogen (secondary N) is 2. The minimum absolute atomic E-state index is 0.00800. The Morgan fingerprint density at radius 3 is 2.06 bits per heavy atom. The Hall–Kier alpha value is -3.73. The zero-order chi connectivity index (χ0) is 35.8. The monoisotopic (exact) mass is 774 g/mol. The third-order valence-corrected chi connectivity index (χ3v) is 9.85. The van der Waals surface area contributed by atoms with Crippen molar-refractivity contribution in [2.75, 3.05) is 35.2 Å². The van der Waals surface area contributed by atoms with Crippen molar-refractivity contribution in [3.8, 4) is 0 Å². The average molecular weight is 775 g/mol. The van der Waals surface area contributed by atoms with E-state index < -0.39 is 41.7 Å². The second-order valence-electron chi connectivity index (χ2n) is 9.18. The van der Waals surface area contributed by atoms with Gasteiger partial charge in [-0.15, -0.1) is 14.6 Å². The van der Waals surface area contributed by atoms with Gasteiger partial charge in [0.1, 0.15) is 21.2 Å². The lowest BCUT2D eigenvalue weighted by molar-refractivity contribution is -0.432. The Kier molecular flexibility index (Phi) is 13.0. The molecule has 49 heavy (non-hydrogen) atoms. The topological polar surface area (TPSA) is 330 Å². The van der Waals surface area contributed by atoms with Crippen LogP contribution in [0.5, 0.6) is 0 Å². The van der Waals surface area contributed by atoms with E-state index >= 15 is 0 Å². The number of nitrogens with zero attached hydrogens (tertiary/aromatic N) is 5. The highest BCUT2D eigenvalue weighted by molar-refractivity contribution is 7.99. The zero-order valence-electron chi connectivity index (χ0n) is 24.6. The molecule has 3 aromatic carbocycles. The number of hydrogen-bond donors (Lipinski definition) is 8. The van der Waals surface area contributed by atoms with Crippen LogP contribution in [0.3, 0.4) is 0 Å². The molecule has 0 bridgehead atoms. The highest BCUT2D eigenvalue weighted by atomic mass is 32.2. The Morgan fingerprint density at radius 2 is 1.49 bits per heavy atom. The molecule has 0 saturated heterocycles. The number of carbonyl (C=O) groups excluding carboxylic acids is 1. The molecule has 0 aliphatic carbocycles. The fourth-order valence-electron chi connectivity index (χ4n) is 3.91. The van der Waals surface area contributed by atoms with Crippen molar-refractivity contribution in [1.29, 1.82) is 0 Å². The molecule has 0 radical (unpaired) electrons. The molecule has 1 heterocycles. The van der Waals surface area contributed by atoms with Crippen LogP contribution in [-0.2, 0) is 29.6 Å². The molecule has 25 heteroatoms. The van der Waals surface area contributed by atoms with Crippen molar-refractivity contribution in [2.45, 2.75) is 25.0 Å². The van der Waals surface area contributed by atoms with Crippen LogP contribution in [0.15, 0.2) is 77.7 Å². The summed E-state index contributed by atoms with van der Waals surface area (Å²) in [6.45, 7) is 0.790. The number of rotatable bonds is 16. The first-order valence-corrected chi connectivity index (χ1v) is 18.8. The molecule has 2 amide bonds. The summed E-state index contributed by atoms with van der Waals surface area (Å²) in [5.74, 6) is 1.27. The van der Waals surface area contributed by atoms with E-state index in [0.29, 0.717) is 52.6 Å². The summed E-state index contributed by atoms with van der Waals surface area (Å²) in [6, 6.07) is 7.28. The van der Waals surface area contributed by atoms with E-state index in [-0.39, 0.29) is 33.0 Å². The number of amides is 2. The van der Waals surface area contributed by atoms with Crippen LogP contribution in [0, 0.1) is 0 Å². The minimum Gasteiger partial charge on any atom is -0.351 e. The van der Waals surface area contributed by atoms with Gasteiger partial charge < -0.3 is 27.8 Å². The average Bonchev–Trinajstić information content (AvgIpc) is 3.03. The summed E-state index contributed by atoms with van der Waals surface area (Å²) in [5.41, 5.74) is 16.3. The number of aromatic nitrogens is 3. The summed E-state index contributed by atoms with van der Waals surface area (Å²) in [7, 11) is -9.93. The van der Waals surface area contributed by atoms with Crippen molar-refractivity contribution < 1.29 is 45.4 Å². The smallest absolute Gasteiger partial charge is 0.316 e. The quantitative estimate of drug-likeness (QED) is 0.0201. The SMILES string of the molecule is NCCSc1nc(Nc2ccc(/N=N/c3cc4c(S(=O)(=O)O)cc(SOOO)cc4cc3S(=O)(=O)O)c(NC(N)=O)c2)nc(SCCN)n1. The summed E-state index contributed by atoms with van der Waals surface area (Å²) >= 11 is 2.97. The Balaban J connectivity index is 1.78. The first-order valence-electron chi connectivity index (χ1n) is 13.2. The van der Waals surface area contributed by atoms with E-state index in [1.165, 1.54) is 47.8 Å². The highest BCUT2D eigenvalue weighted by Gasteiger charge is 2.23. The van der Waals surface area contributed by atoms with Crippen LogP contribution in [0.1, 0.15) is 0 Å². The van der Waals surface area contributed by atoms with Gasteiger partial charge in [0.25, 0.3) is 20.2 Å². The molecule has 4 rings (SSSR count). The molecular weight excluding hydrogens is 749 g/mol. The zero-order valence-corrected chi connectivity index (χ0v) is 28.7. The maximum Gasteiger partial charge on any atom is 0.316 e. The van der Waals surface area contributed by atoms with Gasteiger partial charge in [0.15, 0.2) is 10.3 Å². The Morgan fingerprint density at radius 1 is 0.857 bits per heavy atom. The van der Waals surface area contributed by atoms with Gasteiger partial charge in [-0.3, -0.25) is 9.11 Å². The number of urea groups is 1. The number of azo groups is 1. The van der Waals surface area contributed by atoms with Gasteiger partial charge in [0.05, 0.1) is 17.7 Å². The van der Waals surface area contributed by atoms with Gasteiger partial charge in [-0.2, -0.15) is 31.8 Å². The number of nitrogens with two attached hydrogens (primary N) is 3. The van der Waals surface area contributed by atoms with E-state index in [4.69, 9.17) is 22.5 Å². The molecule has 0 aliphatic heterocycles. The van der Waals surface area contributed by atoms with Crippen molar-refractivity contribution >= 4 is 101 Å². The molecule has 0 unspecified atom stereocenters. The van der Waals surface area contributed by atoms with Gasteiger partial charge in [-0.1, -0.05) is 28.6 Å². The second-order valence-corrected chi connectivity index (χ2v) is 14.9. The maximum absolute atomic E-state index is 12.3. The second kappa shape index (κ2) is 16.8. The third kappa shape index (κ3) is 10.6. The number of carbonyl (C=O) groups is 1. The number of primary amides is 1. The van der Waals surface area contributed by atoms with E-state index in [2.05, 4.69) is 45.2 Å². The minimum atomic E-state index is -5.00. The van der Waals surface area contributed by atoms with Crippen LogP contribution >= 0.6 is 35.6 Å². The number of benzene rings is 3. The number of anilines is 3. The predicted octanol–water partition coefficient (Wildman–Crippen LogP) is 3.70. The summed E-state index contributed by atoms with van der Waals surface area (Å²) < 4.78 is 73.2. The largest absolute Gasteiger partial charge is 0.351 e. The van der Waals surface area contributed by atoms with E-state index in [0.717, 1.165) is 18.2 Å². The van der Waals surface area contributed by atoms with Gasteiger partial charge in [-0.05, 0) is 47.9 Å². The number of thioether (sulfide) groups is 2. The first kappa shape index (κ1) is 38.1. The summed E-state index contributed by atoms with van der Waals surface area (Å²) in [6.07, 6.45) is 0. The summed E-state index contributed by atoms with van der Waals surface area (Å²) in [4.78, 5) is 23.4. The maximum atomic E-state index is 12.3. The molecule has 1 aromatic heterocycles. The standard InChI is InChI=1S/C24H26N10O10S5/c25-3-5-45-23-30-22(31-24(32-23)46-6-4-26)28-13-1-2-16(17(9-13)29-21(27)35)33-34-18-11-15-12(8-20(18)49(40,41)42)7-14(47-44-43-36)10-19(15)48(37,38)39/h1-2,7-11,36H,3-6,25-26H2,(H3,27,29,35)(H,37,38,39)(H,40,41,42)(H,28,30,31,32)/b34-33+. The van der Waals surface area contributed by atoms with Gasteiger partial charge in [-0.25, -0.2) is 10.1 Å². The number of fused-ring (bicyclic) bond motifs is 1. The molecule has 0 fully saturated rings. The van der Waals surface area contributed by atoms with Gasteiger partial charge in [0, 0.05) is 40.6 Å². The van der Waals surface area contributed by atoms with E-state index in [9.17, 15) is 30.7 Å². The molecule has 0 saturated carbocycles. The lowest BCUT2D eigenvalue weighted by Crippen LogP contribution is -2.19. The lowest BCUT2D eigenvalue weighted by atomic mass is 10.1. The van der Waals surface area contributed by atoms with Crippen LogP contribution in [0.4, 0.5) is 33.5 Å². The molecule has 11 N–H and O–H groups in total. The van der Waals surface area contributed by atoms with Crippen LogP contribution < -0.4 is 27.8 Å². The molecular formula is C24H26N10O10S5. The predicted molar refractivity (Wildman–Crippen MR) is 181 cm³/mol. The van der Waals surface area contributed by atoms with Gasteiger partial charge in [0.2, 0.25) is 5.95 Å². The fraction of sp³-hybridized carbons (Fsp3) is 0.167. The summed E-state index contributed by atoms with van der Waals surface area (Å²) in [5, 5.41) is 25.7. The number of hydrogen-bond acceptors (Lipinski definition) is 19.